The Hall–Kier alpha value is -2.77. The average molecular weight is 350 g/mol. The maximum Gasteiger partial charge on any atom is 0.422 e. The van der Waals surface area contributed by atoms with Crippen LogP contribution in [0, 0.1) is 0 Å². The molecule has 0 unspecified atom stereocenters. The summed E-state index contributed by atoms with van der Waals surface area (Å²) in [5.74, 6) is 1.69. The van der Waals surface area contributed by atoms with Crippen LogP contribution in [-0.4, -0.2) is 37.5 Å². The summed E-state index contributed by atoms with van der Waals surface area (Å²) in [4.78, 5) is 11.4. The van der Waals surface area contributed by atoms with Crippen molar-refractivity contribution in [3.63, 3.8) is 0 Å². The first-order chi connectivity index (χ1) is 12.1. The van der Waals surface area contributed by atoms with E-state index in [1.807, 2.05) is 19.1 Å². The van der Waals surface area contributed by atoms with Crippen LogP contribution in [0.5, 0.6) is 23.3 Å². The lowest BCUT2D eigenvalue weighted by Gasteiger charge is -2.13. The molecule has 0 atom stereocenters. The molecule has 136 valence electrons. The van der Waals surface area contributed by atoms with Gasteiger partial charge in [-0.05, 0) is 30.5 Å². The number of ether oxygens (including phenoxy) is 4. The van der Waals surface area contributed by atoms with Gasteiger partial charge < -0.3 is 23.4 Å². The summed E-state index contributed by atoms with van der Waals surface area (Å²) in [5, 5.41) is 7.60. The predicted molar refractivity (Wildman–Crippen MR) is 88.3 cm³/mol. The van der Waals surface area contributed by atoms with Gasteiger partial charge in [-0.2, -0.15) is 0 Å². The minimum Gasteiger partial charge on any atom is -0.493 e. The van der Waals surface area contributed by atoms with Gasteiger partial charge in [0.25, 0.3) is 0 Å². The smallest absolute Gasteiger partial charge is 0.422 e. The molecule has 0 aliphatic rings. The SMILES string of the molecule is CCCC(=O)Oc1nnc(CCc2cc(OC)c(OC)c(OC)c2)o1. The molecule has 1 heterocycles. The first kappa shape index (κ1) is 18.6. The van der Waals surface area contributed by atoms with Crippen LogP contribution in [-0.2, 0) is 17.6 Å². The third kappa shape index (κ3) is 4.85. The largest absolute Gasteiger partial charge is 0.493 e. The number of aromatic nitrogens is 2. The zero-order valence-corrected chi connectivity index (χ0v) is 14.8. The van der Waals surface area contributed by atoms with Gasteiger partial charge in [0.15, 0.2) is 11.5 Å². The Morgan fingerprint density at radius 2 is 1.72 bits per heavy atom. The summed E-state index contributed by atoms with van der Waals surface area (Å²) in [5.41, 5.74) is 0.956. The van der Waals surface area contributed by atoms with Crippen LogP contribution >= 0.6 is 0 Å². The molecule has 0 aliphatic carbocycles. The van der Waals surface area contributed by atoms with Gasteiger partial charge in [0.1, 0.15) is 0 Å². The first-order valence-corrected chi connectivity index (χ1v) is 7.93. The van der Waals surface area contributed by atoms with Gasteiger partial charge in [-0.1, -0.05) is 12.0 Å². The minimum atomic E-state index is -0.387. The van der Waals surface area contributed by atoms with Crippen molar-refractivity contribution in [3.8, 4) is 23.3 Å². The van der Waals surface area contributed by atoms with Crippen LogP contribution in [0.25, 0.3) is 0 Å². The molecule has 0 saturated heterocycles. The van der Waals surface area contributed by atoms with Crippen molar-refractivity contribution in [1.82, 2.24) is 10.2 Å². The molecule has 0 bridgehead atoms. The van der Waals surface area contributed by atoms with Crippen LogP contribution < -0.4 is 18.9 Å². The average Bonchev–Trinajstić information content (AvgIpc) is 3.06. The molecule has 0 aliphatic heterocycles. The molecule has 0 fully saturated rings. The van der Waals surface area contributed by atoms with E-state index in [1.54, 1.807) is 21.3 Å². The molecular formula is C17H22N2O6. The number of carbonyl (C=O) groups excluding carboxylic acids is 1. The van der Waals surface area contributed by atoms with E-state index in [-0.39, 0.29) is 12.0 Å². The number of esters is 1. The summed E-state index contributed by atoms with van der Waals surface area (Å²) >= 11 is 0. The van der Waals surface area contributed by atoms with E-state index in [1.165, 1.54) is 0 Å². The summed E-state index contributed by atoms with van der Waals surface area (Å²) in [6.07, 6.45) is 1.97. The number of hydrogen-bond acceptors (Lipinski definition) is 8. The van der Waals surface area contributed by atoms with Gasteiger partial charge in [0.2, 0.25) is 11.6 Å². The van der Waals surface area contributed by atoms with Crippen molar-refractivity contribution in [2.24, 2.45) is 0 Å². The lowest BCUT2D eigenvalue weighted by molar-refractivity contribution is -0.135. The Kier molecular flexibility index (Phi) is 6.62. The van der Waals surface area contributed by atoms with Crippen molar-refractivity contribution < 1.29 is 28.2 Å². The fourth-order valence-corrected chi connectivity index (χ4v) is 2.26. The highest BCUT2D eigenvalue weighted by Crippen LogP contribution is 2.38. The van der Waals surface area contributed by atoms with E-state index in [2.05, 4.69) is 10.2 Å². The van der Waals surface area contributed by atoms with E-state index in [0.29, 0.717) is 48.8 Å². The molecule has 2 rings (SSSR count). The number of carbonyl (C=O) groups is 1. The molecule has 2 aromatic rings. The summed E-state index contributed by atoms with van der Waals surface area (Å²) < 4.78 is 26.2. The zero-order valence-electron chi connectivity index (χ0n) is 14.8. The fraction of sp³-hybridized carbons (Fsp3) is 0.471. The third-order valence-electron chi connectivity index (χ3n) is 3.46. The lowest BCUT2D eigenvalue weighted by Crippen LogP contribution is -2.06. The van der Waals surface area contributed by atoms with Crippen molar-refractivity contribution in [2.75, 3.05) is 21.3 Å². The molecule has 8 heteroatoms. The molecule has 1 aromatic carbocycles. The molecule has 0 N–H and O–H groups in total. The second-order valence-corrected chi connectivity index (χ2v) is 5.22. The Morgan fingerprint density at radius 3 is 2.28 bits per heavy atom. The normalized spacial score (nSPS) is 10.4. The molecule has 8 nitrogen and oxygen atoms in total. The number of aryl methyl sites for hydroxylation is 2. The van der Waals surface area contributed by atoms with Gasteiger partial charge >= 0.3 is 12.0 Å². The second-order valence-electron chi connectivity index (χ2n) is 5.22. The number of methoxy groups -OCH3 is 3. The number of rotatable bonds is 9. The van der Waals surface area contributed by atoms with E-state index in [4.69, 9.17) is 23.4 Å². The highest BCUT2D eigenvalue weighted by molar-refractivity contribution is 5.71. The van der Waals surface area contributed by atoms with Gasteiger partial charge in [-0.25, -0.2) is 0 Å². The second kappa shape index (κ2) is 8.91. The highest BCUT2D eigenvalue weighted by atomic mass is 16.6. The molecule has 0 saturated carbocycles. The van der Waals surface area contributed by atoms with Crippen LogP contribution in [0.3, 0.4) is 0 Å². The fourth-order valence-electron chi connectivity index (χ4n) is 2.26. The third-order valence-corrected chi connectivity index (χ3v) is 3.46. The summed E-state index contributed by atoms with van der Waals surface area (Å²) in [6.45, 7) is 1.89. The lowest BCUT2D eigenvalue weighted by atomic mass is 10.1. The van der Waals surface area contributed by atoms with Crippen LogP contribution in [0.15, 0.2) is 16.5 Å². The molecular weight excluding hydrogens is 328 g/mol. The molecule has 25 heavy (non-hydrogen) atoms. The van der Waals surface area contributed by atoms with Crippen LogP contribution in [0.2, 0.25) is 0 Å². The van der Waals surface area contributed by atoms with Crippen molar-refractivity contribution >= 4 is 5.97 Å². The van der Waals surface area contributed by atoms with E-state index in [9.17, 15) is 4.79 Å². The maximum atomic E-state index is 11.4. The first-order valence-electron chi connectivity index (χ1n) is 7.93. The minimum absolute atomic E-state index is 0.127. The van der Waals surface area contributed by atoms with Gasteiger partial charge in [-0.3, -0.25) is 4.79 Å². The Bertz CT molecular complexity index is 688. The summed E-state index contributed by atoms with van der Waals surface area (Å²) in [7, 11) is 4.69. The highest BCUT2D eigenvalue weighted by Gasteiger charge is 2.15. The van der Waals surface area contributed by atoms with Crippen LogP contribution in [0.4, 0.5) is 0 Å². The Balaban J connectivity index is 2.04. The number of benzene rings is 1. The van der Waals surface area contributed by atoms with Gasteiger partial charge in [-0.15, -0.1) is 5.10 Å². The Labute approximate surface area is 146 Å². The molecule has 1 aromatic heterocycles. The van der Waals surface area contributed by atoms with Gasteiger partial charge in [0, 0.05) is 12.8 Å². The Morgan fingerprint density at radius 1 is 1.04 bits per heavy atom. The zero-order chi connectivity index (χ0) is 18.2. The van der Waals surface area contributed by atoms with E-state index < -0.39 is 0 Å². The van der Waals surface area contributed by atoms with E-state index >= 15 is 0 Å². The number of hydrogen-bond donors (Lipinski definition) is 0. The van der Waals surface area contributed by atoms with Crippen LogP contribution in [0.1, 0.15) is 31.2 Å². The maximum absolute atomic E-state index is 11.4. The molecule has 0 spiro atoms. The molecule has 0 radical (unpaired) electrons. The monoisotopic (exact) mass is 350 g/mol. The van der Waals surface area contributed by atoms with E-state index in [0.717, 1.165) is 5.56 Å². The standard InChI is InChI=1S/C17H22N2O6/c1-5-6-15(20)25-17-19-18-14(24-17)8-7-11-9-12(21-2)16(23-4)13(10-11)22-3/h9-10H,5-8H2,1-4H3. The quantitative estimate of drug-likeness (QED) is 0.637. The predicted octanol–water partition coefficient (Wildman–Crippen LogP) is 2.59. The topological polar surface area (TPSA) is 92.9 Å². The van der Waals surface area contributed by atoms with Crippen molar-refractivity contribution in [2.45, 2.75) is 32.6 Å². The summed E-state index contributed by atoms with van der Waals surface area (Å²) in [6, 6.07) is 3.72. The van der Waals surface area contributed by atoms with Crippen molar-refractivity contribution in [1.29, 1.82) is 0 Å². The van der Waals surface area contributed by atoms with Crippen molar-refractivity contribution in [3.05, 3.63) is 23.6 Å². The van der Waals surface area contributed by atoms with Gasteiger partial charge in [0.05, 0.1) is 21.3 Å². The molecule has 0 amide bonds. The number of nitrogens with zero attached hydrogens (tertiary/aromatic N) is 2.